The number of rotatable bonds is 4. The van der Waals surface area contributed by atoms with Crippen LogP contribution in [0.15, 0.2) is 48.7 Å². The highest BCUT2D eigenvalue weighted by Crippen LogP contribution is 2.32. The van der Waals surface area contributed by atoms with Crippen molar-refractivity contribution in [3.8, 4) is 17.3 Å². The van der Waals surface area contributed by atoms with Gasteiger partial charge < -0.3 is 14.5 Å². The molecule has 3 aromatic rings. The van der Waals surface area contributed by atoms with Crippen LogP contribution in [0, 0.1) is 0 Å². The van der Waals surface area contributed by atoms with E-state index in [1.165, 1.54) is 5.56 Å². The quantitative estimate of drug-likeness (QED) is 0.651. The first-order valence-corrected chi connectivity index (χ1v) is 10.7. The van der Waals surface area contributed by atoms with Gasteiger partial charge in [0.2, 0.25) is 5.91 Å². The van der Waals surface area contributed by atoms with E-state index in [1.807, 2.05) is 47.4 Å². The van der Waals surface area contributed by atoms with Crippen LogP contribution in [0.4, 0.5) is 11.5 Å². The number of pyridine rings is 1. The van der Waals surface area contributed by atoms with E-state index in [0.717, 1.165) is 54.4 Å². The highest BCUT2D eigenvalue weighted by Gasteiger charge is 2.28. The lowest BCUT2D eigenvalue weighted by molar-refractivity contribution is -0.118. The monoisotopic (exact) mass is 415 g/mol. The standard InChI is InChI=1S/C24H25N5O2/c1-31-18-10-8-17(9-11-18)29-16-15-28(14-12-22(29)30)24-19-5-4-7-20(19)26-23(27-24)21-6-2-3-13-25-21/h2-3,6,8-11,13H,4-5,7,12,14-16H2,1H3. The highest BCUT2D eigenvalue weighted by atomic mass is 16.5. The third kappa shape index (κ3) is 3.83. The second-order valence-corrected chi connectivity index (χ2v) is 7.85. The van der Waals surface area contributed by atoms with Gasteiger partial charge in [0.1, 0.15) is 17.3 Å². The topological polar surface area (TPSA) is 71.5 Å². The number of nitrogens with zero attached hydrogens (tertiary/aromatic N) is 5. The normalized spacial score (nSPS) is 16.2. The summed E-state index contributed by atoms with van der Waals surface area (Å²) >= 11 is 0. The Kier molecular flexibility index (Phi) is 5.24. The van der Waals surface area contributed by atoms with Gasteiger partial charge in [-0.05, 0) is 55.7 Å². The molecule has 1 saturated heterocycles. The first-order chi connectivity index (χ1) is 15.2. The molecule has 1 aliphatic carbocycles. The summed E-state index contributed by atoms with van der Waals surface area (Å²) in [7, 11) is 1.64. The van der Waals surface area contributed by atoms with Gasteiger partial charge >= 0.3 is 0 Å². The van der Waals surface area contributed by atoms with Crippen LogP contribution in [0.2, 0.25) is 0 Å². The Hall–Kier alpha value is -3.48. The third-order valence-electron chi connectivity index (χ3n) is 5.98. The zero-order valence-electron chi connectivity index (χ0n) is 17.6. The molecule has 0 bridgehead atoms. The number of carbonyl (C=O) groups is 1. The van der Waals surface area contributed by atoms with Crippen LogP contribution in [-0.2, 0) is 17.6 Å². The van der Waals surface area contributed by atoms with Crippen molar-refractivity contribution >= 4 is 17.4 Å². The van der Waals surface area contributed by atoms with Crippen molar-refractivity contribution in [2.75, 3.05) is 36.5 Å². The predicted molar refractivity (Wildman–Crippen MR) is 119 cm³/mol. The second kappa shape index (κ2) is 8.34. The number of anilines is 2. The number of ether oxygens (including phenoxy) is 1. The molecule has 0 unspecified atom stereocenters. The molecule has 1 aromatic carbocycles. The number of methoxy groups -OCH3 is 1. The van der Waals surface area contributed by atoms with Gasteiger partial charge in [0.05, 0.1) is 7.11 Å². The Morgan fingerprint density at radius 3 is 2.58 bits per heavy atom. The van der Waals surface area contributed by atoms with Crippen molar-refractivity contribution in [3.63, 3.8) is 0 Å². The average molecular weight is 415 g/mol. The molecule has 0 atom stereocenters. The lowest BCUT2D eigenvalue weighted by Gasteiger charge is -2.25. The van der Waals surface area contributed by atoms with Gasteiger partial charge in [-0.3, -0.25) is 9.78 Å². The van der Waals surface area contributed by atoms with Gasteiger partial charge in [-0.25, -0.2) is 9.97 Å². The van der Waals surface area contributed by atoms with Crippen LogP contribution in [0.1, 0.15) is 24.1 Å². The smallest absolute Gasteiger partial charge is 0.228 e. The van der Waals surface area contributed by atoms with Crippen molar-refractivity contribution in [1.29, 1.82) is 0 Å². The lowest BCUT2D eigenvalue weighted by atomic mass is 10.2. The zero-order chi connectivity index (χ0) is 21.2. The van der Waals surface area contributed by atoms with Gasteiger partial charge in [-0.2, -0.15) is 0 Å². The molecular formula is C24H25N5O2. The number of carbonyl (C=O) groups excluding carboxylic acids is 1. The van der Waals surface area contributed by atoms with Gasteiger partial charge in [0, 0.05) is 49.2 Å². The van der Waals surface area contributed by atoms with E-state index in [-0.39, 0.29) is 5.91 Å². The number of aryl methyl sites for hydroxylation is 1. The number of aromatic nitrogens is 3. The fourth-order valence-electron chi connectivity index (χ4n) is 4.35. The fourth-order valence-corrected chi connectivity index (χ4v) is 4.35. The van der Waals surface area contributed by atoms with E-state index in [4.69, 9.17) is 14.7 Å². The molecule has 31 heavy (non-hydrogen) atoms. The highest BCUT2D eigenvalue weighted by molar-refractivity contribution is 5.94. The zero-order valence-corrected chi connectivity index (χ0v) is 17.6. The summed E-state index contributed by atoms with van der Waals surface area (Å²) < 4.78 is 5.24. The van der Waals surface area contributed by atoms with E-state index in [1.54, 1.807) is 13.3 Å². The number of fused-ring (bicyclic) bond motifs is 1. The first-order valence-electron chi connectivity index (χ1n) is 10.7. The molecule has 2 aliphatic rings. The minimum absolute atomic E-state index is 0.128. The minimum atomic E-state index is 0.128. The summed E-state index contributed by atoms with van der Waals surface area (Å²) in [6.07, 6.45) is 5.26. The van der Waals surface area contributed by atoms with E-state index in [0.29, 0.717) is 25.3 Å². The molecule has 7 heteroatoms. The summed E-state index contributed by atoms with van der Waals surface area (Å²) in [6.45, 7) is 1.99. The Labute approximate surface area is 181 Å². The first kappa shape index (κ1) is 19.5. The molecular weight excluding hydrogens is 390 g/mol. The SMILES string of the molecule is COc1ccc(N2CCN(c3nc(-c4ccccn4)nc4c3CCC4)CCC2=O)cc1. The second-order valence-electron chi connectivity index (χ2n) is 7.85. The van der Waals surface area contributed by atoms with Crippen molar-refractivity contribution < 1.29 is 9.53 Å². The number of hydrogen-bond acceptors (Lipinski definition) is 6. The largest absolute Gasteiger partial charge is 0.497 e. The molecule has 1 amide bonds. The van der Waals surface area contributed by atoms with E-state index in [2.05, 4.69) is 9.88 Å². The summed E-state index contributed by atoms with van der Waals surface area (Å²) in [4.78, 5) is 31.2. The van der Waals surface area contributed by atoms with Gasteiger partial charge in [-0.1, -0.05) is 6.07 Å². The molecule has 0 spiro atoms. The van der Waals surface area contributed by atoms with Crippen LogP contribution in [0.5, 0.6) is 5.75 Å². The summed E-state index contributed by atoms with van der Waals surface area (Å²) in [5.74, 6) is 2.54. The van der Waals surface area contributed by atoms with Crippen molar-refractivity contribution in [1.82, 2.24) is 15.0 Å². The van der Waals surface area contributed by atoms with Gasteiger partial charge in [0.15, 0.2) is 5.82 Å². The summed E-state index contributed by atoms with van der Waals surface area (Å²) in [6, 6.07) is 13.4. The van der Waals surface area contributed by atoms with Crippen LogP contribution in [-0.4, -0.2) is 47.6 Å². The molecule has 5 rings (SSSR count). The Balaban J connectivity index is 1.44. The molecule has 2 aromatic heterocycles. The van der Waals surface area contributed by atoms with E-state index >= 15 is 0 Å². The molecule has 158 valence electrons. The predicted octanol–water partition coefficient (Wildman–Crippen LogP) is 3.28. The van der Waals surface area contributed by atoms with E-state index in [9.17, 15) is 4.79 Å². The molecule has 0 saturated carbocycles. The lowest BCUT2D eigenvalue weighted by Crippen LogP contribution is -2.33. The maximum atomic E-state index is 12.9. The van der Waals surface area contributed by atoms with Crippen molar-refractivity contribution in [2.45, 2.75) is 25.7 Å². The summed E-state index contributed by atoms with van der Waals surface area (Å²) in [5, 5.41) is 0. The maximum absolute atomic E-state index is 12.9. The average Bonchev–Trinajstić information content (AvgIpc) is 3.22. The summed E-state index contributed by atoms with van der Waals surface area (Å²) in [5.41, 5.74) is 4.03. The molecule has 1 fully saturated rings. The molecule has 7 nitrogen and oxygen atoms in total. The van der Waals surface area contributed by atoms with E-state index < -0.39 is 0 Å². The Bertz CT molecular complexity index is 1090. The molecule has 0 N–H and O–H groups in total. The van der Waals surface area contributed by atoms with Crippen LogP contribution in [0.25, 0.3) is 11.5 Å². The van der Waals surface area contributed by atoms with Crippen molar-refractivity contribution in [2.24, 2.45) is 0 Å². The maximum Gasteiger partial charge on any atom is 0.228 e. The molecule has 0 radical (unpaired) electrons. The van der Waals surface area contributed by atoms with Gasteiger partial charge in [0.25, 0.3) is 0 Å². The number of benzene rings is 1. The minimum Gasteiger partial charge on any atom is -0.497 e. The van der Waals surface area contributed by atoms with Crippen molar-refractivity contribution in [3.05, 3.63) is 59.9 Å². The molecule has 3 heterocycles. The number of amides is 1. The Morgan fingerprint density at radius 1 is 0.935 bits per heavy atom. The third-order valence-corrected chi connectivity index (χ3v) is 5.98. The molecule has 1 aliphatic heterocycles. The van der Waals surface area contributed by atoms with Gasteiger partial charge in [-0.15, -0.1) is 0 Å². The van der Waals surface area contributed by atoms with Crippen LogP contribution >= 0.6 is 0 Å². The van der Waals surface area contributed by atoms with Crippen LogP contribution in [0.3, 0.4) is 0 Å². The van der Waals surface area contributed by atoms with Crippen LogP contribution < -0.4 is 14.5 Å². The number of hydrogen-bond donors (Lipinski definition) is 0. The fraction of sp³-hybridized carbons (Fsp3) is 0.333. The Morgan fingerprint density at radius 2 is 1.81 bits per heavy atom.